The molecule has 0 radical (unpaired) electrons. The summed E-state index contributed by atoms with van der Waals surface area (Å²) in [4.78, 5) is 23.0. The monoisotopic (exact) mass is 350 g/mol. The Morgan fingerprint density at radius 3 is 2.69 bits per heavy atom. The molecular formula is C19H18N4O3. The third-order valence-corrected chi connectivity index (χ3v) is 4.52. The average Bonchev–Trinajstić information content (AvgIpc) is 3.37. The van der Waals surface area contributed by atoms with Crippen LogP contribution in [0.1, 0.15) is 35.1 Å². The van der Waals surface area contributed by atoms with Crippen LogP contribution in [0.15, 0.2) is 53.3 Å². The van der Waals surface area contributed by atoms with Gasteiger partial charge in [0, 0.05) is 30.1 Å². The van der Waals surface area contributed by atoms with E-state index in [1.54, 1.807) is 36.5 Å². The van der Waals surface area contributed by atoms with Crippen molar-refractivity contribution in [1.82, 2.24) is 20.0 Å². The van der Waals surface area contributed by atoms with Gasteiger partial charge in [-0.15, -0.1) is 0 Å². The van der Waals surface area contributed by atoms with Gasteiger partial charge in [-0.3, -0.25) is 9.78 Å². The number of carbonyl (C=O) groups excluding carboxylic acids is 1. The van der Waals surface area contributed by atoms with Gasteiger partial charge in [0.15, 0.2) is 0 Å². The highest BCUT2D eigenvalue weighted by Gasteiger charge is 2.34. The largest absolute Gasteiger partial charge is 0.497 e. The van der Waals surface area contributed by atoms with Crippen molar-refractivity contribution in [2.24, 2.45) is 0 Å². The zero-order valence-electron chi connectivity index (χ0n) is 14.3. The van der Waals surface area contributed by atoms with Gasteiger partial charge in [0.05, 0.1) is 7.11 Å². The molecule has 0 saturated carbocycles. The number of benzene rings is 1. The Labute approximate surface area is 150 Å². The van der Waals surface area contributed by atoms with Gasteiger partial charge in [0.2, 0.25) is 11.7 Å². The van der Waals surface area contributed by atoms with Crippen LogP contribution in [0.5, 0.6) is 5.75 Å². The Morgan fingerprint density at radius 1 is 1.19 bits per heavy atom. The molecule has 0 N–H and O–H groups in total. The summed E-state index contributed by atoms with van der Waals surface area (Å²) >= 11 is 0. The Balaban J connectivity index is 1.57. The molecule has 1 fully saturated rings. The van der Waals surface area contributed by atoms with Gasteiger partial charge in [-0.1, -0.05) is 5.16 Å². The Hall–Kier alpha value is -3.22. The molecule has 7 nitrogen and oxygen atoms in total. The second kappa shape index (κ2) is 6.95. The smallest absolute Gasteiger partial charge is 0.254 e. The van der Waals surface area contributed by atoms with Crippen molar-refractivity contribution >= 4 is 5.91 Å². The van der Waals surface area contributed by atoms with Crippen molar-refractivity contribution < 1.29 is 14.1 Å². The fourth-order valence-electron chi connectivity index (χ4n) is 3.15. The molecule has 0 unspecified atom stereocenters. The maximum absolute atomic E-state index is 12.8. The number of rotatable bonds is 4. The highest BCUT2D eigenvalue weighted by Crippen LogP contribution is 2.33. The number of likely N-dealkylation sites (tertiary alicyclic amines) is 1. The van der Waals surface area contributed by atoms with E-state index in [1.165, 1.54) is 0 Å². The number of nitrogens with zero attached hydrogens (tertiary/aromatic N) is 4. The van der Waals surface area contributed by atoms with Crippen LogP contribution in [-0.4, -0.2) is 39.6 Å². The quantitative estimate of drug-likeness (QED) is 0.719. The molecule has 1 aromatic carbocycles. The number of amides is 1. The second-order valence-electron chi connectivity index (χ2n) is 6.08. The molecule has 3 aromatic rings. The van der Waals surface area contributed by atoms with E-state index in [9.17, 15) is 4.79 Å². The second-order valence-corrected chi connectivity index (χ2v) is 6.08. The lowest BCUT2D eigenvalue weighted by atomic mass is 10.2. The molecule has 0 spiro atoms. The van der Waals surface area contributed by atoms with E-state index in [2.05, 4.69) is 15.1 Å². The van der Waals surface area contributed by atoms with Gasteiger partial charge < -0.3 is 14.2 Å². The van der Waals surface area contributed by atoms with Crippen LogP contribution < -0.4 is 4.74 Å². The van der Waals surface area contributed by atoms with Crippen LogP contribution in [0.25, 0.3) is 11.4 Å². The van der Waals surface area contributed by atoms with Gasteiger partial charge in [-0.2, -0.15) is 4.98 Å². The molecule has 1 aliphatic rings. The number of methoxy groups -OCH3 is 1. The van der Waals surface area contributed by atoms with E-state index in [0.717, 1.165) is 24.2 Å². The van der Waals surface area contributed by atoms with Gasteiger partial charge in [0.1, 0.15) is 11.8 Å². The summed E-state index contributed by atoms with van der Waals surface area (Å²) in [6, 6.07) is 10.7. The zero-order valence-corrected chi connectivity index (χ0v) is 14.3. The normalized spacial score (nSPS) is 16.7. The first kappa shape index (κ1) is 16.3. The molecular weight excluding hydrogens is 332 g/mol. The van der Waals surface area contributed by atoms with Crippen LogP contribution in [-0.2, 0) is 0 Å². The molecule has 1 aliphatic heterocycles. The maximum Gasteiger partial charge on any atom is 0.254 e. The minimum absolute atomic E-state index is 0.0425. The first-order chi connectivity index (χ1) is 12.8. The first-order valence-corrected chi connectivity index (χ1v) is 8.45. The molecule has 1 saturated heterocycles. The van der Waals surface area contributed by atoms with Gasteiger partial charge in [0.25, 0.3) is 5.91 Å². The molecule has 1 atom stereocenters. The predicted molar refractivity (Wildman–Crippen MR) is 93.5 cm³/mol. The SMILES string of the molecule is COc1ccc(-c2noc([C@H]3CCCN3C(=O)c3ccncc3)n2)cc1. The molecule has 26 heavy (non-hydrogen) atoms. The fourth-order valence-corrected chi connectivity index (χ4v) is 3.15. The maximum atomic E-state index is 12.8. The van der Waals surface area contributed by atoms with E-state index in [0.29, 0.717) is 23.8 Å². The predicted octanol–water partition coefficient (Wildman–Crippen LogP) is 3.12. The molecule has 4 rings (SSSR count). The summed E-state index contributed by atoms with van der Waals surface area (Å²) in [7, 11) is 1.62. The highest BCUT2D eigenvalue weighted by molar-refractivity contribution is 5.94. The molecule has 2 aromatic heterocycles. The molecule has 132 valence electrons. The summed E-state index contributed by atoms with van der Waals surface area (Å²) in [5, 5.41) is 4.08. The number of carbonyl (C=O) groups is 1. The summed E-state index contributed by atoms with van der Waals surface area (Å²) in [5.41, 5.74) is 1.45. The Morgan fingerprint density at radius 2 is 1.96 bits per heavy atom. The van der Waals surface area contributed by atoms with Crippen LogP contribution >= 0.6 is 0 Å². The summed E-state index contributed by atoms with van der Waals surface area (Å²) < 4.78 is 10.6. The lowest BCUT2D eigenvalue weighted by molar-refractivity contribution is 0.0710. The number of ether oxygens (including phenoxy) is 1. The Kier molecular flexibility index (Phi) is 4.35. The van der Waals surface area contributed by atoms with Gasteiger partial charge in [-0.05, 0) is 49.2 Å². The van der Waals surface area contributed by atoms with Crippen molar-refractivity contribution in [3.63, 3.8) is 0 Å². The first-order valence-electron chi connectivity index (χ1n) is 8.45. The van der Waals surface area contributed by atoms with Gasteiger partial charge in [-0.25, -0.2) is 0 Å². The zero-order chi connectivity index (χ0) is 17.9. The average molecular weight is 350 g/mol. The third kappa shape index (κ3) is 3.03. The molecule has 7 heteroatoms. The number of pyridine rings is 1. The molecule has 0 aliphatic carbocycles. The van der Waals surface area contributed by atoms with Crippen molar-refractivity contribution in [1.29, 1.82) is 0 Å². The van der Waals surface area contributed by atoms with E-state index in [1.807, 2.05) is 24.3 Å². The van der Waals surface area contributed by atoms with Crippen LogP contribution in [0, 0.1) is 0 Å². The minimum Gasteiger partial charge on any atom is -0.497 e. The topological polar surface area (TPSA) is 81.4 Å². The highest BCUT2D eigenvalue weighted by atomic mass is 16.5. The number of aromatic nitrogens is 3. The van der Waals surface area contributed by atoms with Crippen LogP contribution in [0.4, 0.5) is 0 Å². The third-order valence-electron chi connectivity index (χ3n) is 4.52. The lowest BCUT2D eigenvalue weighted by Crippen LogP contribution is -2.30. The van der Waals surface area contributed by atoms with Crippen molar-refractivity contribution in [2.75, 3.05) is 13.7 Å². The molecule has 1 amide bonds. The standard InChI is InChI=1S/C19H18N4O3/c1-25-15-6-4-13(5-7-15)17-21-18(26-22-17)16-3-2-12-23(16)19(24)14-8-10-20-11-9-14/h4-11,16H,2-3,12H2,1H3/t16-/m1/s1. The summed E-state index contributed by atoms with van der Waals surface area (Å²) in [5.74, 6) is 1.70. The summed E-state index contributed by atoms with van der Waals surface area (Å²) in [6.07, 6.45) is 4.95. The minimum atomic E-state index is -0.199. The van der Waals surface area contributed by atoms with E-state index in [-0.39, 0.29) is 11.9 Å². The van der Waals surface area contributed by atoms with Crippen LogP contribution in [0.3, 0.4) is 0 Å². The van der Waals surface area contributed by atoms with E-state index >= 15 is 0 Å². The number of hydrogen-bond donors (Lipinski definition) is 0. The lowest BCUT2D eigenvalue weighted by Gasteiger charge is -2.21. The molecule has 0 bridgehead atoms. The fraction of sp³-hybridized carbons (Fsp3) is 0.263. The van der Waals surface area contributed by atoms with Crippen molar-refractivity contribution in [2.45, 2.75) is 18.9 Å². The van der Waals surface area contributed by atoms with Crippen LogP contribution in [0.2, 0.25) is 0 Å². The van der Waals surface area contributed by atoms with Crippen molar-refractivity contribution in [3.8, 4) is 17.1 Å². The van der Waals surface area contributed by atoms with Gasteiger partial charge >= 0.3 is 0 Å². The van der Waals surface area contributed by atoms with E-state index < -0.39 is 0 Å². The molecule has 3 heterocycles. The van der Waals surface area contributed by atoms with E-state index in [4.69, 9.17) is 9.26 Å². The Bertz CT molecular complexity index is 893. The van der Waals surface area contributed by atoms with Crippen molar-refractivity contribution in [3.05, 3.63) is 60.2 Å². The summed E-state index contributed by atoms with van der Waals surface area (Å²) in [6.45, 7) is 0.673. The number of hydrogen-bond acceptors (Lipinski definition) is 6.